The van der Waals surface area contributed by atoms with E-state index < -0.39 is 0 Å². The second kappa shape index (κ2) is 7.50. The van der Waals surface area contributed by atoms with E-state index in [1.807, 2.05) is 19.2 Å². The van der Waals surface area contributed by atoms with Crippen LogP contribution in [0.2, 0.25) is 0 Å². The summed E-state index contributed by atoms with van der Waals surface area (Å²) in [4.78, 5) is 30.9. The van der Waals surface area contributed by atoms with E-state index in [-0.39, 0.29) is 47.9 Å². The first-order chi connectivity index (χ1) is 14.9. The second-order valence-electron chi connectivity index (χ2n) is 9.94. The third kappa shape index (κ3) is 3.27. The minimum Gasteiger partial charge on any atom is -0.334 e. The summed E-state index contributed by atoms with van der Waals surface area (Å²) in [5, 5.41) is 4.34. The molecule has 2 aromatic rings. The molecule has 3 fully saturated rings. The van der Waals surface area contributed by atoms with Crippen LogP contribution in [0.1, 0.15) is 50.7 Å². The molecule has 164 valence electrons. The van der Waals surface area contributed by atoms with Crippen molar-refractivity contribution in [2.24, 2.45) is 5.41 Å². The fourth-order valence-corrected chi connectivity index (χ4v) is 6.77. The van der Waals surface area contributed by atoms with Crippen LogP contribution in [0.4, 0.5) is 0 Å². The maximum absolute atomic E-state index is 13.6. The van der Waals surface area contributed by atoms with Crippen LogP contribution < -0.4 is 0 Å². The van der Waals surface area contributed by atoms with Crippen molar-refractivity contribution >= 4 is 11.8 Å². The van der Waals surface area contributed by atoms with Gasteiger partial charge >= 0.3 is 0 Å². The summed E-state index contributed by atoms with van der Waals surface area (Å²) in [5.74, 6) is 0.269. The summed E-state index contributed by atoms with van der Waals surface area (Å²) in [6.45, 7) is 6.27. The minimum atomic E-state index is -0.0303. The van der Waals surface area contributed by atoms with Crippen LogP contribution in [0.5, 0.6) is 0 Å². The van der Waals surface area contributed by atoms with Crippen LogP contribution in [-0.2, 0) is 22.6 Å². The Balaban J connectivity index is 1.53. The molecular weight excluding hydrogens is 388 g/mol. The predicted octanol–water partition coefficient (Wildman–Crippen LogP) is 3.19. The fraction of sp³-hybridized carbons (Fsp3) is 0.560. The number of piperidine rings is 1. The van der Waals surface area contributed by atoms with Gasteiger partial charge in [-0.3, -0.25) is 14.3 Å². The predicted molar refractivity (Wildman–Crippen MR) is 118 cm³/mol. The molecule has 3 heterocycles. The summed E-state index contributed by atoms with van der Waals surface area (Å²) in [6.07, 6.45) is 8.60. The number of hydrogen-bond acceptors (Lipinski definition) is 3. The lowest BCUT2D eigenvalue weighted by Gasteiger charge is -2.52. The van der Waals surface area contributed by atoms with Crippen LogP contribution in [0.3, 0.4) is 0 Å². The first-order valence-corrected chi connectivity index (χ1v) is 11.5. The number of hydrogen-bond donors (Lipinski definition) is 0. The van der Waals surface area contributed by atoms with Gasteiger partial charge in [0.05, 0.1) is 18.3 Å². The Morgan fingerprint density at radius 1 is 1.13 bits per heavy atom. The summed E-state index contributed by atoms with van der Waals surface area (Å²) < 4.78 is 1.75. The average molecular weight is 421 g/mol. The number of likely N-dealkylation sites (tertiary alicyclic amines) is 2. The van der Waals surface area contributed by atoms with Gasteiger partial charge in [0.1, 0.15) is 6.54 Å². The molecule has 0 spiro atoms. The van der Waals surface area contributed by atoms with Crippen molar-refractivity contribution in [3.8, 4) is 0 Å². The molecule has 1 saturated carbocycles. The van der Waals surface area contributed by atoms with E-state index in [1.165, 1.54) is 5.56 Å². The summed E-state index contributed by atoms with van der Waals surface area (Å²) in [7, 11) is 0. The third-order valence-electron chi connectivity index (χ3n) is 7.96. The monoisotopic (exact) mass is 420 g/mol. The number of benzene rings is 1. The van der Waals surface area contributed by atoms with Crippen molar-refractivity contribution in [1.29, 1.82) is 0 Å². The minimum absolute atomic E-state index is 0.0179. The van der Waals surface area contributed by atoms with Crippen LogP contribution >= 0.6 is 0 Å². The zero-order valence-electron chi connectivity index (χ0n) is 18.7. The van der Waals surface area contributed by atoms with E-state index in [0.29, 0.717) is 0 Å². The normalized spacial score (nSPS) is 31.7. The topological polar surface area (TPSA) is 58.4 Å². The van der Waals surface area contributed by atoms with Crippen LogP contribution in [-0.4, -0.2) is 55.6 Å². The molecule has 2 bridgehead atoms. The fourth-order valence-electron chi connectivity index (χ4n) is 6.77. The first kappa shape index (κ1) is 20.3. The van der Waals surface area contributed by atoms with Gasteiger partial charge in [0.25, 0.3) is 0 Å². The standard InChI is InChI=1S/C25H32N4O2/c1-17-14-26-27(15-17)16-24(31)29-21-13-25(3)22(10-7-11-23(25)29)28(18(2)30)20(21)12-19-8-5-4-6-9-19/h4-6,8-9,14-15,20-23H,7,10-13,16H2,1-3H3/t20-,21-,22+,23-,25+/m0/s1. The maximum Gasteiger partial charge on any atom is 0.244 e. The molecule has 2 amide bonds. The van der Waals surface area contributed by atoms with Crippen molar-refractivity contribution < 1.29 is 9.59 Å². The molecule has 31 heavy (non-hydrogen) atoms. The van der Waals surface area contributed by atoms with E-state index in [4.69, 9.17) is 0 Å². The van der Waals surface area contributed by atoms with E-state index in [2.05, 4.69) is 46.1 Å². The van der Waals surface area contributed by atoms with Gasteiger partial charge in [0.2, 0.25) is 11.8 Å². The quantitative estimate of drug-likeness (QED) is 0.763. The van der Waals surface area contributed by atoms with E-state index >= 15 is 0 Å². The number of carbonyl (C=O) groups excluding carboxylic acids is 2. The van der Waals surface area contributed by atoms with E-state index in [0.717, 1.165) is 37.7 Å². The Labute approximate surface area is 184 Å². The highest BCUT2D eigenvalue weighted by Gasteiger charge is 2.64. The van der Waals surface area contributed by atoms with Crippen molar-refractivity contribution in [1.82, 2.24) is 19.6 Å². The van der Waals surface area contributed by atoms with Crippen molar-refractivity contribution in [3.05, 3.63) is 53.9 Å². The molecule has 0 N–H and O–H groups in total. The van der Waals surface area contributed by atoms with Crippen LogP contribution in [0.25, 0.3) is 0 Å². The molecule has 1 aliphatic carbocycles. The molecule has 1 aromatic heterocycles. The Morgan fingerprint density at radius 2 is 1.84 bits per heavy atom. The second-order valence-corrected chi connectivity index (χ2v) is 9.94. The first-order valence-electron chi connectivity index (χ1n) is 11.5. The molecule has 0 unspecified atom stereocenters. The summed E-state index contributed by atoms with van der Waals surface area (Å²) >= 11 is 0. The third-order valence-corrected chi connectivity index (χ3v) is 7.96. The van der Waals surface area contributed by atoms with Crippen molar-refractivity contribution in [2.75, 3.05) is 0 Å². The number of amides is 2. The lowest BCUT2D eigenvalue weighted by molar-refractivity contribution is -0.143. The maximum atomic E-state index is 13.6. The van der Waals surface area contributed by atoms with Gasteiger partial charge in [-0.05, 0) is 50.2 Å². The summed E-state index contributed by atoms with van der Waals surface area (Å²) in [6, 6.07) is 10.9. The Bertz CT molecular complexity index is 986. The van der Waals surface area contributed by atoms with Crippen molar-refractivity contribution in [3.63, 3.8) is 0 Å². The molecular formula is C25H32N4O2. The van der Waals surface area contributed by atoms with Crippen LogP contribution in [0, 0.1) is 12.3 Å². The lowest BCUT2D eigenvalue weighted by Crippen LogP contribution is -2.62. The molecule has 2 aliphatic heterocycles. The van der Waals surface area contributed by atoms with Gasteiger partial charge in [-0.1, -0.05) is 37.3 Å². The summed E-state index contributed by atoms with van der Waals surface area (Å²) in [5.41, 5.74) is 2.25. The SMILES string of the molecule is CC(=O)N1[C@@H](Cc2ccccc2)[C@@H]2C[C@@]3(C)[C@H](CCC[C@@H]13)N2C(=O)Cn1cc(C)cn1. The Hall–Kier alpha value is -2.63. The zero-order valence-corrected chi connectivity index (χ0v) is 18.7. The number of carbonyl (C=O) groups is 2. The van der Waals surface area contributed by atoms with Gasteiger partial charge in [0, 0.05) is 30.6 Å². The largest absolute Gasteiger partial charge is 0.334 e. The van der Waals surface area contributed by atoms with Gasteiger partial charge < -0.3 is 9.80 Å². The van der Waals surface area contributed by atoms with Gasteiger partial charge in [-0.2, -0.15) is 5.10 Å². The average Bonchev–Trinajstić information content (AvgIpc) is 3.28. The number of fused-ring (bicyclic) bond motifs is 1. The number of rotatable bonds is 4. The number of aryl methyl sites for hydroxylation is 1. The molecule has 5 atom stereocenters. The highest BCUT2D eigenvalue weighted by Crippen LogP contribution is 2.56. The van der Waals surface area contributed by atoms with E-state index in [1.54, 1.807) is 17.8 Å². The Morgan fingerprint density at radius 3 is 2.48 bits per heavy atom. The Kier molecular flexibility index (Phi) is 4.91. The van der Waals surface area contributed by atoms with E-state index in [9.17, 15) is 9.59 Å². The molecule has 6 nitrogen and oxygen atoms in total. The highest BCUT2D eigenvalue weighted by molar-refractivity contribution is 5.79. The highest BCUT2D eigenvalue weighted by atomic mass is 16.2. The molecule has 1 aromatic carbocycles. The number of aromatic nitrogens is 2. The number of nitrogens with zero attached hydrogens (tertiary/aromatic N) is 4. The van der Waals surface area contributed by atoms with Gasteiger partial charge in [0.15, 0.2) is 0 Å². The molecule has 2 saturated heterocycles. The zero-order chi connectivity index (χ0) is 21.8. The molecule has 5 rings (SSSR count). The smallest absolute Gasteiger partial charge is 0.244 e. The van der Waals surface area contributed by atoms with Gasteiger partial charge in [-0.25, -0.2) is 0 Å². The van der Waals surface area contributed by atoms with Crippen LogP contribution in [0.15, 0.2) is 42.7 Å². The molecule has 6 heteroatoms. The molecule has 3 aliphatic rings. The molecule has 0 radical (unpaired) electrons. The van der Waals surface area contributed by atoms with Gasteiger partial charge in [-0.15, -0.1) is 0 Å². The van der Waals surface area contributed by atoms with Crippen molar-refractivity contribution in [2.45, 2.75) is 83.6 Å². The lowest BCUT2D eigenvalue weighted by atomic mass is 9.64.